The molecule has 2 amide bonds. The first kappa shape index (κ1) is 14.1. The van der Waals surface area contributed by atoms with Crippen LogP contribution < -0.4 is 14.9 Å². The van der Waals surface area contributed by atoms with Crippen LogP contribution in [0.25, 0.3) is 0 Å². The largest absolute Gasteiger partial charge is 0.618 e. The summed E-state index contributed by atoms with van der Waals surface area (Å²) in [5.41, 5.74) is 1.76. The van der Waals surface area contributed by atoms with Crippen LogP contribution in [0.2, 0.25) is 0 Å². The Morgan fingerprint density at radius 1 is 1.27 bits per heavy atom. The Balaban J connectivity index is 1.67. The van der Waals surface area contributed by atoms with E-state index < -0.39 is 5.91 Å². The summed E-state index contributed by atoms with van der Waals surface area (Å²) in [4.78, 5) is 25.1. The van der Waals surface area contributed by atoms with Gasteiger partial charge in [-0.25, -0.2) is 0 Å². The number of hydrogen-bond donors (Lipinski definition) is 1. The van der Waals surface area contributed by atoms with Crippen molar-refractivity contribution in [3.8, 4) is 0 Å². The molecule has 112 valence electrons. The smallest absolute Gasteiger partial charge is 0.317 e. The number of nitrogens with zero attached hydrogens (tertiary/aromatic N) is 2. The van der Waals surface area contributed by atoms with Crippen LogP contribution in [0.5, 0.6) is 0 Å². The van der Waals surface area contributed by atoms with Gasteiger partial charge in [0.1, 0.15) is 0 Å². The molecule has 0 unspecified atom stereocenters. The quantitative estimate of drug-likeness (QED) is 0.519. The zero-order chi connectivity index (χ0) is 15.5. The number of β-lactam (4-membered cyclic amide) rings is 1. The van der Waals surface area contributed by atoms with Gasteiger partial charge in [0.15, 0.2) is 6.20 Å². The second-order valence-electron chi connectivity index (χ2n) is 5.06. The molecule has 1 N–H and O–H groups in total. The molecule has 1 aromatic carbocycles. The highest BCUT2D eigenvalue weighted by atomic mass is 16.5. The van der Waals surface area contributed by atoms with Crippen molar-refractivity contribution in [2.75, 3.05) is 11.4 Å². The highest BCUT2D eigenvalue weighted by molar-refractivity contribution is 5.99. The van der Waals surface area contributed by atoms with Gasteiger partial charge in [0.25, 0.3) is 5.69 Å². The molecule has 0 atom stereocenters. The number of carbonyl (C=O) groups excluding carboxylic acids is 2. The zero-order valence-corrected chi connectivity index (χ0v) is 11.9. The van der Waals surface area contributed by atoms with E-state index in [-0.39, 0.29) is 11.6 Å². The van der Waals surface area contributed by atoms with E-state index in [0.29, 0.717) is 17.7 Å². The number of pyridine rings is 1. The van der Waals surface area contributed by atoms with Gasteiger partial charge >= 0.3 is 5.91 Å². The maximum atomic E-state index is 12.0. The number of anilines is 1. The van der Waals surface area contributed by atoms with E-state index in [0.717, 1.165) is 17.8 Å². The molecule has 6 heteroatoms. The Morgan fingerprint density at radius 3 is 2.82 bits per heavy atom. The monoisotopic (exact) mass is 297 g/mol. The third kappa shape index (κ3) is 2.76. The van der Waals surface area contributed by atoms with Crippen molar-refractivity contribution in [3.05, 3.63) is 65.1 Å². The Labute approximate surface area is 127 Å². The van der Waals surface area contributed by atoms with E-state index >= 15 is 0 Å². The number of aromatic nitrogens is 1. The fraction of sp³-hybridized carbons (Fsp3) is 0.188. The molecule has 1 aliphatic heterocycles. The third-order valence-electron chi connectivity index (χ3n) is 3.58. The van der Waals surface area contributed by atoms with E-state index in [2.05, 4.69) is 5.32 Å². The second-order valence-corrected chi connectivity index (χ2v) is 5.06. The van der Waals surface area contributed by atoms with Crippen LogP contribution in [0.4, 0.5) is 5.69 Å². The highest BCUT2D eigenvalue weighted by Crippen LogP contribution is 2.22. The fourth-order valence-electron chi connectivity index (χ4n) is 2.30. The molecular formula is C16H15N3O3. The van der Waals surface area contributed by atoms with Gasteiger partial charge in [-0.2, -0.15) is 4.73 Å². The summed E-state index contributed by atoms with van der Waals surface area (Å²) in [6.45, 7) is 1.03. The van der Waals surface area contributed by atoms with Crippen LogP contribution in [0.3, 0.4) is 0 Å². The Hall–Kier alpha value is -2.89. The highest BCUT2D eigenvalue weighted by Gasteiger charge is 2.25. The van der Waals surface area contributed by atoms with Crippen molar-refractivity contribution in [1.82, 2.24) is 5.32 Å². The van der Waals surface area contributed by atoms with E-state index in [1.54, 1.807) is 17.0 Å². The van der Waals surface area contributed by atoms with E-state index in [9.17, 15) is 14.8 Å². The molecule has 1 saturated heterocycles. The van der Waals surface area contributed by atoms with Crippen molar-refractivity contribution in [2.24, 2.45) is 0 Å². The number of rotatable bonds is 4. The maximum Gasteiger partial charge on any atom is 0.317 e. The molecule has 1 fully saturated rings. The lowest BCUT2D eigenvalue weighted by Crippen LogP contribution is -2.43. The van der Waals surface area contributed by atoms with Crippen LogP contribution in [0.15, 0.2) is 48.7 Å². The molecule has 2 aromatic rings. The molecule has 1 aliphatic rings. The van der Waals surface area contributed by atoms with E-state index in [1.807, 2.05) is 24.3 Å². The first-order chi connectivity index (χ1) is 10.6. The lowest BCUT2D eigenvalue weighted by atomic mass is 10.1. The topological polar surface area (TPSA) is 76.4 Å². The van der Waals surface area contributed by atoms with Gasteiger partial charge in [0, 0.05) is 37.3 Å². The van der Waals surface area contributed by atoms with Crippen molar-refractivity contribution < 1.29 is 14.3 Å². The number of hydrogen-bond acceptors (Lipinski definition) is 3. The van der Waals surface area contributed by atoms with E-state index in [1.165, 1.54) is 12.3 Å². The molecule has 22 heavy (non-hydrogen) atoms. The van der Waals surface area contributed by atoms with Crippen molar-refractivity contribution in [3.63, 3.8) is 0 Å². The molecular weight excluding hydrogens is 282 g/mol. The molecule has 6 nitrogen and oxygen atoms in total. The Morgan fingerprint density at radius 2 is 2.14 bits per heavy atom. The molecule has 0 spiro atoms. The average Bonchev–Trinajstić information content (AvgIpc) is 2.52. The summed E-state index contributed by atoms with van der Waals surface area (Å²) in [6.07, 6.45) is 1.86. The van der Waals surface area contributed by atoms with Crippen molar-refractivity contribution in [1.29, 1.82) is 0 Å². The maximum absolute atomic E-state index is 12.0. The average molecular weight is 297 g/mol. The summed E-state index contributed by atoms with van der Waals surface area (Å²) in [6, 6.07) is 12.1. The van der Waals surface area contributed by atoms with Gasteiger partial charge in [-0.15, -0.1) is 0 Å². The second kappa shape index (κ2) is 5.85. The minimum absolute atomic E-state index is 0.0524. The molecule has 0 saturated carbocycles. The number of nitrogens with one attached hydrogen (secondary N) is 1. The number of benzene rings is 1. The lowest BCUT2D eigenvalue weighted by molar-refractivity contribution is -0.607. The normalized spacial score (nSPS) is 13.6. The van der Waals surface area contributed by atoms with Crippen LogP contribution in [0, 0.1) is 5.21 Å². The van der Waals surface area contributed by atoms with Gasteiger partial charge in [-0.1, -0.05) is 12.1 Å². The Kier molecular flexibility index (Phi) is 3.74. The Bertz CT molecular complexity index is 730. The first-order valence-corrected chi connectivity index (χ1v) is 7.01. The molecule has 1 aromatic heterocycles. The van der Waals surface area contributed by atoms with Crippen LogP contribution in [0.1, 0.15) is 22.5 Å². The molecule has 2 heterocycles. The molecule has 0 radical (unpaired) electrons. The SMILES string of the molecule is O=C(NCc1cccc(N2CCC2=O)c1)c1cccc[n+]1[O-]. The number of amides is 2. The summed E-state index contributed by atoms with van der Waals surface area (Å²) < 4.78 is 0.532. The van der Waals surface area contributed by atoms with Crippen molar-refractivity contribution in [2.45, 2.75) is 13.0 Å². The van der Waals surface area contributed by atoms with Gasteiger partial charge in [-0.3, -0.25) is 9.59 Å². The minimum atomic E-state index is -0.430. The predicted molar refractivity (Wildman–Crippen MR) is 80.0 cm³/mol. The molecule has 0 aliphatic carbocycles. The fourth-order valence-corrected chi connectivity index (χ4v) is 2.30. The summed E-state index contributed by atoms with van der Waals surface area (Å²) in [5, 5.41) is 14.2. The summed E-state index contributed by atoms with van der Waals surface area (Å²) in [7, 11) is 0. The van der Waals surface area contributed by atoms with Gasteiger partial charge in [0.2, 0.25) is 5.91 Å². The summed E-state index contributed by atoms with van der Waals surface area (Å²) in [5.74, 6) is -0.320. The molecule has 3 rings (SSSR count). The van der Waals surface area contributed by atoms with Gasteiger partial charge in [-0.05, 0) is 23.8 Å². The van der Waals surface area contributed by atoms with Gasteiger partial charge in [0.05, 0.1) is 0 Å². The standard InChI is InChI=1S/C16H15N3O3/c20-15-7-9-18(15)13-5-3-4-12(10-13)11-17-16(21)14-6-1-2-8-19(14)22/h1-6,8,10H,7,9,11H2,(H,17,21). The first-order valence-electron chi connectivity index (χ1n) is 7.01. The molecule has 0 bridgehead atoms. The zero-order valence-electron chi connectivity index (χ0n) is 11.9. The predicted octanol–water partition coefficient (Wildman–Crippen LogP) is 0.987. The van der Waals surface area contributed by atoms with Crippen LogP contribution in [-0.2, 0) is 11.3 Å². The van der Waals surface area contributed by atoms with Crippen LogP contribution >= 0.6 is 0 Å². The number of carbonyl (C=O) groups is 2. The van der Waals surface area contributed by atoms with Gasteiger partial charge < -0.3 is 15.4 Å². The lowest BCUT2D eigenvalue weighted by Gasteiger charge is -2.30. The van der Waals surface area contributed by atoms with Crippen LogP contribution in [-0.4, -0.2) is 18.4 Å². The minimum Gasteiger partial charge on any atom is -0.618 e. The summed E-state index contributed by atoms with van der Waals surface area (Å²) >= 11 is 0. The third-order valence-corrected chi connectivity index (χ3v) is 3.58. The van der Waals surface area contributed by atoms with E-state index in [4.69, 9.17) is 0 Å². The van der Waals surface area contributed by atoms with Crippen molar-refractivity contribution >= 4 is 17.5 Å².